The summed E-state index contributed by atoms with van der Waals surface area (Å²) in [7, 11) is 0. The molecule has 0 radical (unpaired) electrons. The van der Waals surface area contributed by atoms with Crippen LogP contribution in [0.25, 0.3) is 11.1 Å². The summed E-state index contributed by atoms with van der Waals surface area (Å²) in [6.07, 6.45) is 3.02. The Hall–Kier alpha value is -3.39. The van der Waals surface area contributed by atoms with Crippen molar-refractivity contribution in [3.05, 3.63) is 59.7 Å². The number of carbonyl (C=O) groups excluding carboxylic acids is 2. The lowest BCUT2D eigenvalue weighted by molar-refractivity contribution is -0.149. The van der Waals surface area contributed by atoms with Crippen LogP contribution in [-0.2, 0) is 19.1 Å². The van der Waals surface area contributed by atoms with Gasteiger partial charge in [0.2, 0.25) is 0 Å². The Morgan fingerprint density at radius 1 is 1.03 bits per heavy atom. The third-order valence-electron chi connectivity index (χ3n) is 7.45. The monoisotopic (exact) mass is 478 g/mol. The summed E-state index contributed by atoms with van der Waals surface area (Å²) >= 11 is 0. The molecule has 0 bridgehead atoms. The predicted octanol–water partition coefficient (Wildman–Crippen LogP) is 3.54. The summed E-state index contributed by atoms with van der Waals surface area (Å²) in [5.74, 6) is -1.57. The number of hydrogen-bond donors (Lipinski definition) is 2. The molecule has 1 saturated heterocycles. The summed E-state index contributed by atoms with van der Waals surface area (Å²) in [6, 6.07) is 16.0. The number of amides is 2. The van der Waals surface area contributed by atoms with Crippen molar-refractivity contribution in [2.24, 2.45) is 0 Å². The van der Waals surface area contributed by atoms with Crippen molar-refractivity contribution < 1.29 is 29.0 Å². The Kier molecular flexibility index (Phi) is 6.47. The van der Waals surface area contributed by atoms with E-state index in [-0.39, 0.29) is 31.6 Å². The van der Waals surface area contributed by atoms with Gasteiger partial charge in [-0.15, -0.1) is 0 Å². The number of fused-ring (bicyclic) bond motifs is 3. The molecule has 0 spiro atoms. The summed E-state index contributed by atoms with van der Waals surface area (Å²) in [6.45, 7) is 0.0455. The highest BCUT2D eigenvalue weighted by molar-refractivity contribution is 5.92. The molecule has 3 aliphatic rings. The number of aliphatic carboxylic acids is 1. The van der Waals surface area contributed by atoms with Gasteiger partial charge in [0.1, 0.15) is 18.7 Å². The standard InChI is InChI=1S/C27H30N2O6/c30-24(31)15-29(18-7-1-2-8-18)25(32)27(13-14-34-17-27)28-26(33)35-16-23-21-11-5-3-9-19(21)20-10-4-6-12-22(20)23/h3-6,9-12,18,23H,1-2,7-8,13-17H2,(H,28,33)(H,30,31). The SMILES string of the molecule is O=C(O)CN(C(=O)C1(NC(=O)OCC2c3ccccc3-c3ccccc32)CCOC1)C1CCCC1. The Morgan fingerprint density at radius 2 is 1.66 bits per heavy atom. The lowest BCUT2D eigenvalue weighted by Gasteiger charge is -2.36. The average molecular weight is 479 g/mol. The van der Waals surface area contributed by atoms with E-state index in [0.29, 0.717) is 6.61 Å². The first-order chi connectivity index (χ1) is 17.0. The van der Waals surface area contributed by atoms with Gasteiger partial charge in [0.15, 0.2) is 0 Å². The number of nitrogens with zero attached hydrogens (tertiary/aromatic N) is 1. The van der Waals surface area contributed by atoms with Crippen LogP contribution >= 0.6 is 0 Å². The smallest absolute Gasteiger partial charge is 0.408 e. The molecule has 0 aromatic heterocycles. The van der Waals surface area contributed by atoms with Crippen LogP contribution in [0.4, 0.5) is 4.79 Å². The fourth-order valence-corrected chi connectivity index (χ4v) is 5.72. The van der Waals surface area contributed by atoms with Gasteiger partial charge in [0.05, 0.1) is 6.61 Å². The molecule has 8 nitrogen and oxygen atoms in total. The summed E-state index contributed by atoms with van der Waals surface area (Å²) in [4.78, 5) is 39.5. The summed E-state index contributed by atoms with van der Waals surface area (Å²) in [5.41, 5.74) is 3.15. The third kappa shape index (κ3) is 4.50. The molecular weight excluding hydrogens is 448 g/mol. The second-order valence-corrected chi connectivity index (χ2v) is 9.60. The Bertz CT molecular complexity index is 1070. The van der Waals surface area contributed by atoms with E-state index in [0.717, 1.165) is 47.9 Å². The molecule has 1 saturated carbocycles. The van der Waals surface area contributed by atoms with Crippen molar-refractivity contribution >= 4 is 18.0 Å². The third-order valence-corrected chi connectivity index (χ3v) is 7.45. The molecule has 5 rings (SSSR count). The van der Waals surface area contributed by atoms with Gasteiger partial charge in [-0.25, -0.2) is 4.79 Å². The second-order valence-electron chi connectivity index (χ2n) is 9.60. The number of ether oxygens (including phenoxy) is 2. The van der Waals surface area contributed by atoms with E-state index in [4.69, 9.17) is 9.47 Å². The minimum absolute atomic E-state index is 0.00112. The van der Waals surface area contributed by atoms with Crippen molar-refractivity contribution in [3.63, 3.8) is 0 Å². The minimum atomic E-state index is -1.32. The Balaban J connectivity index is 1.31. The molecule has 1 heterocycles. The van der Waals surface area contributed by atoms with Gasteiger partial charge in [-0.2, -0.15) is 0 Å². The number of carboxylic acids is 1. The van der Waals surface area contributed by atoms with Crippen LogP contribution in [0, 0.1) is 0 Å². The van der Waals surface area contributed by atoms with Gasteiger partial charge in [0, 0.05) is 25.0 Å². The zero-order valence-electron chi connectivity index (χ0n) is 19.6. The van der Waals surface area contributed by atoms with E-state index in [1.807, 2.05) is 36.4 Å². The van der Waals surface area contributed by atoms with E-state index < -0.39 is 30.1 Å². The predicted molar refractivity (Wildman–Crippen MR) is 128 cm³/mol. The van der Waals surface area contributed by atoms with Crippen molar-refractivity contribution in [1.82, 2.24) is 10.2 Å². The molecule has 8 heteroatoms. The first kappa shape index (κ1) is 23.4. The molecule has 1 aliphatic heterocycles. The number of rotatable bonds is 7. The van der Waals surface area contributed by atoms with Gasteiger partial charge in [-0.05, 0) is 35.1 Å². The molecule has 1 atom stereocenters. The highest BCUT2D eigenvalue weighted by Crippen LogP contribution is 2.44. The van der Waals surface area contributed by atoms with Gasteiger partial charge in [0.25, 0.3) is 5.91 Å². The van der Waals surface area contributed by atoms with Gasteiger partial charge < -0.3 is 24.8 Å². The number of carboxylic acid groups (broad SMARTS) is 1. The van der Waals surface area contributed by atoms with Crippen LogP contribution in [0.15, 0.2) is 48.5 Å². The fraction of sp³-hybridized carbons (Fsp3) is 0.444. The van der Waals surface area contributed by atoms with Crippen LogP contribution in [0.5, 0.6) is 0 Å². The van der Waals surface area contributed by atoms with E-state index >= 15 is 0 Å². The quantitative estimate of drug-likeness (QED) is 0.631. The maximum Gasteiger partial charge on any atom is 0.408 e. The molecule has 2 fully saturated rings. The van der Waals surface area contributed by atoms with Crippen molar-refractivity contribution in [2.75, 3.05) is 26.4 Å². The van der Waals surface area contributed by atoms with Crippen LogP contribution in [0.3, 0.4) is 0 Å². The van der Waals surface area contributed by atoms with Crippen LogP contribution in [-0.4, -0.2) is 65.9 Å². The van der Waals surface area contributed by atoms with E-state index in [1.54, 1.807) is 0 Å². The number of alkyl carbamates (subject to hydrolysis) is 1. The molecule has 2 aromatic rings. The normalized spacial score (nSPS) is 21.4. The Labute approximate surface area is 204 Å². The van der Waals surface area contributed by atoms with Gasteiger partial charge in [-0.3, -0.25) is 9.59 Å². The lowest BCUT2D eigenvalue weighted by atomic mass is 9.95. The number of nitrogens with one attached hydrogen (secondary N) is 1. The van der Waals surface area contributed by atoms with E-state index in [9.17, 15) is 19.5 Å². The molecular formula is C27H30N2O6. The molecule has 2 aromatic carbocycles. The Morgan fingerprint density at radius 3 is 2.23 bits per heavy atom. The zero-order valence-corrected chi connectivity index (χ0v) is 19.6. The highest BCUT2D eigenvalue weighted by atomic mass is 16.6. The number of carbonyl (C=O) groups is 3. The average Bonchev–Trinajstić information content (AvgIpc) is 3.61. The molecule has 2 amide bonds. The molecule has 2 aliphatic carbocycles. The van der Waals surface area contributed by atoms with Crippen molar-refractivity contribution in [2.45, 2.75) is 49.6 Å². The summed E-state index contributed by atoms with van der Waals surface area (Å²) < 4.78 is 11.2. The van der Waals surface area contributed by atoms with Crippen molar-refractivity contribution in [1.29, 1.82) is 0 Å². The maximum atomic E-state index is 13.6. The fourth-order valence-electron chi connectivity index (χ4n) is 5.72. The number of benzene rings is 2. The highest BCUT2D eigenvalue weighted by Gasteiger charge is 2.48. The topological polar surface area (TPSA) is 105 Å². The maximum absolute atomic E-state index is 13.6. The van der Waals surface area contributed by atoms with Crippen LogP contribution in [0.2, 0.25) is 0 Å². The lowest BCUT2D eigenvalue weighted by Crippen LogP contribution is -2.62. The molecule has 2 N–H and O–H groups in total. The van der Waals surface area contributed by atoms with Gasteiger partial charge in [-0.1, -0.05) is 61.4 Å². The molecule has 184 valence electrons. The van der Waals surface area contributed by atoms with Crippen LogP contribution in [0.1, 0.15) is 49.1 Å². The minimum Gasteiger partial charge on any atom is -0.480 e. The van der Waals surface area contributed by atoms with Crippen LogP contribution < -0.4 is 5.32 Å². The zero-order chi connectivity index (χ0) is 24.4. The second kappa shape index (κ2) is 9.70. The van der Waals surface area contributed by atoms with Crippen molar-refractivity contribution in [3.8, 4) is 11.1 Å². The number of hydrogen-bond acceptors (Lipinski definition) is 5. The summed E-state index contributed by atoms with van der Waals surface area (Å²) in [5, 5.41) is 12.2. The van der Waals surface area contributed by atoms with E-state index in [1.165, 1.54) is 4.90 Å². The first-order valence-electron chi connectivity index (χ1n) is 12.2. The molecule has 35 heavy (non-hydrogen) atoms. The molecule has 1 unspecified atom stereocenters. The largest absolute Gasteiger partial charge is 0.480 e. The first-order valence-corrected chi connectivity index (χ1v) is 12.2. The van der Waals surface area contributed by atoms with Gasteiger partial charge >= 0.3 is 12.1 Å². The van der Waals surface area contributed by atoms with E-state index in [2.05, 4.69) is 17.4 Å².